The summed E-state index contributed by atoms with van der Waals surface area (Å²) in [6.07, 6.45) is -4.66. The Bertz CT molecular complexity index is 1110. The molecular formula is C24H21BrF3NO3S. The Balaban J connectivity index is 1.89. The van der Waals surface area contributed by atoms with Crippen LogP contribution >= 0.6 is 27.9 Å². The molecule has 3 rings (SSSR count). The molecule has 3 aromatic carbocycles. The van der Waals surface area contributed by atoms with Gasteiger partial charge in [0, 0.05) is 28.0 Å². The van der Waals surface area contributed by atoms with Crippen LogP contribution in [0.3, 0.4) is 0 Å². The fourth-order valence-electron chi connectivity index (χ4n) is 3.04. The second-order valence-electron chi connectivity index (χ2n) is 7.14. The first-order valence-corrected chi connectivity index (χ1v) is 11.6. The van der Waals surface area contributed by atoms with Gasteiger partial charge in [-0.05, 0) is 72.1 Å². The smallest absolute Gasteiger partial charge is 0.416 e. The van der Waals surface area contributed by atoms with Gasteiger partial charge in [0.05, 0.1) is 12.0 Å². The van der Waals surface area contributed by atoms with Gasteiger partial charge in [0.15, 0.2) is 0 Å². The van der Waals surface area contributed by atoms with E-state index in [0.717, 1.165) is 21.5 Å². The third-order valence-electron chi connectivity index (χ3n) is 4.62. The van der Waals surface area contributed by atoms with Crippen molar-refractivity contribution in [2.24, 2.45) is 0 Å². The summed E-state index contributed by atoms with van der Waals surface area (Å²) in [6, 6.07) is 17.6. The van der Waals surface area contributed by atoms with Crippen molar-refractivity contribution in [3.8, 4) is 11.5 Å². The molecule has 0 unspecified atom stereocenters. The van der Waals surface area contributed by atoms with Crippen molar-refractivity contribution in [3.63, 3.8) is 0 Å². The van der Waals surface area contributed by atoms with Crippen LogP contribution in [-0.2, 0) is 23.9 Å². The Morgan fingerprint density at radius 2 is 1.82 bits per heavy atom. The quantitative estimate of drug-likeness (QED) is 0.287. The number of carbonyl (C=O) groups is 1. The van der Waals surface area contributed by atoms with Crippen LogP contribution < -0.4 is 4.74 Å². The first-order chi connectivity index (χ1) is 15.6. The van der Waals surface area contributed by atoms with Gasteiger partial charge >= 0.3 is 12.1 Å². The number of ether oxygens (including phenoxy) is 1. The van der Waals surface area contributed by atoms with E-state index in [0.29, 0.717) is 23.4 Å². The van der Waals surface area contributed by atoms with E-state index in [1.807, 2.05) is 35.5 Å². The van der Waals surface area contributed by atoms with Crippen LogP contribution in [0.1, 0.15) is 23.6 Å². The van der Waals surface area contributed by atoms with Crippen molar-refractivity contribution in [2.45, 2.75) is 31.0 Å². The number of benzene rings is 3. The maximum atomic E-state index is 13.4. The monoisotopic (exact) mass is 539 g/mol. The Hall–Kier alpha value is -2.49. The predicted octanol–water partition coefficient (Wildman–Crippen LogP) is 7.42. The first-order valence-electron chi connectivity index (χ1n) is 10.0. The lowest BCUT2D eigenvalue weighted by Gasteiger charge is -2.22. The lowest BCUT2D eigenvalue weighted by Crippen LogP contribution is -2.16. The molecule has 4 nitrogen and oxygen atoms in total. The Kier molecular flexibility index (Phi) is 8.45. The maximum absolute atomic E-state index is 13.4. The number of carboxylic acids is 1. The number of rotatable bonds is 9. The minimum atomic E-state index is -4.48. The predicted molar refractivity (Wildman–Crippen MR) is 125 cm³/mol. The topological polar surface area (TPSA) is 49.8 Å². The summed E-state index contributed by atoms with van der Waals surface area (Å²) in [7, 11) is 0. The van der Waals surface area contributed by atoms with Crippen LogP contribution in [0.25, 0.3) is 0 Å². The lowest BCUT2D eigenvalue weighted by atomic mass is 10.1. The van der Waals surface area contributed by atoms with Crippen molar-refractivity contribution in [2.75, 3.05) is 6.54 Å². The van der Waals surface area contributed by atoms with E-state index >= 15 is 0 Å². The molecule has 3 aromatic rings. The van der Waals surface area contributed by atoms with Crippen molar-refractivity contribution in [1.29, 1.82) is 0 Å². The van der Waals surface area contributed by atoms with Gasteiger partial charge < -0.3 is 9.84 Å². The maximum Gasteiger partial charge on any atom is 0.416 e. The van der Waals surface area contributed by atoms with Crippen LogP contribution in [0, 0.1) is 0 Å². The average Bonchev–Trinajstić information content (AvgIpc) is 2.75. The Morgan fingerprint density at radius 1 is 1.09 bits per heavy atom. The zero-order valence-electron chi connectivity index (χ0n) is 17.6. The van der Waals surface area contributed by atoms with Gasteiger partial charge in [-0.15, -0.1) is 0 Å². The lowest BCUT2D eigenvalue weighted by molar-refractivity contribution is -0.138. The van der Waals surface area contributed by atoms with Gasteiger partial charge in [-0.2, -0.15) is 13.2 Å². The van der Waals surface area contributed by atoms with Gasteiger partial charge in [-0.1, -0.05) is 35.0 Å². The summed E-state index contributed by atoms with van der Waals surface area (Å²) in [5.41, 5.74) is 0.156. The molecule has 33 heavy (non-hydrogen) atoms. The van der Waals surface area contributed by atoms with E-state index in [2.05, 4.69) is 15.9 Å². The zero-order chi connectivity index (χ0) is 24.0. The number of hydrogen-bond donors (Lipinski definition) is 1. The van der Waals surface area contributed by atoms with Gasteiger partial charge in [0.2, 0.25) is 0 Å². The largest absolute Gasteiger partial charge is 0.481 e. The zero-order valence-corrected chi connectivity index (χ0v) is 20.0. The number of nitrogens with zero attached hydrogens (tertiary/aromatic N) is 1. The molecule has 0 aromatic heterocycles. The molecule has 0 aliphatic heterocycles. The highest BCUT2D eigenvalue weighted by atomic mass is 79.9. The summed E-state index contributed by atoms with van der Waals surface area (Å²) in [6.45, 7) is 2.73. The standard InChI is InChI=1S/C24H21BrF3NO3S/c1-2-29(33-21-9-7-19(25)8-10-21)15-17-14-18(24(26,27)28)6-11-22(17)32-20-5-3-4-16(12-20)13-23(30)31/h3-12,14H,2,13,15H2,1H3,(H,30,31). The van der Waals surface area contributed by atoms with Crippen molar-refractivity contribution < 1.29 is 27.8 Å². The molecule has 0 bridgehead atoms. The molecule has 0 fully saturated rings. The van der Waals surface area contributed by atoms with Crippen LogP contribution in [0.15, 0.2) is 76.1 Å². The normalized spacial score (nSPS) is 11.6. The van der Waals surface area contributed by atoms with Crippen molar-refractivity contribution in [1.82, 2.24) is 4.31 Å². The molecule has 174 valence electrons. The summed E-state index contributed by atoms with van der Waals surface area (Å²) in [4.78, 5) is 11.9. The molecule has 0 atom stereocenters. The molecule has 1 N–H and O–H groups in total. The molecule has 0 heterocycles. The average molecular weight is 540 g/mol. The van der Waals surface area contributed by atoms with E-state index < -0.39 is 17.7 Å². The van der Waals surface area contributed by atoms with E-state index in [9.17, 15) is 18.0 Å². The van der Waals surface area contributed by atoms with E-state index in [4.69, 9.17) is 9.84 Å². The van der Waals surface area contributed by atoms with Crippen molar-refractivity contribution in [3.05, 3.63) is 87.9 Å². The van der Waals surface area contributed by atoms with E-state index in [1.165, 1.54) is 18.0 Å². The third kappa shape index (κ3) is 7.52. The SMILES string of the molecule is CCN(Cc1cc(C(F)(F)F)ccc1Oc1cccc(CC(=O)O)c1)Sc1ccc(Br)cc1. The summed E-state index contributed by atoms with van der Waals surface area (Å²) < 4.78 is 48.9. The number of hydrogen-bond acceptors (Lipinski definition) is 4. The fraction of sp³-hybridized carbons (Fsp3) is 0.208. The van der Waals surface area contributed by atoms with Gasteiger partial charge in [0.25, 0.3) is 0 Å². The van der Waals surface area contributed by atoms with Gasteiger partial charge in [-0.3, -0.25) is 4.79 Å². The van der Waals surface area contributed by atoms with Crippen LogP contribution in [-0.4, -0.2) is 21.9 Å². The minimum absolute atomic E-state index is 0.176. The summed E-state index contributed by atoms with van der Waals surface area (Å²) >= 11 is 4.83. The highest BCUT2D eigenvalue weighted by Crippen LogP contribution is 2.36. The molecule has 0 aliphatic rings. The van der Waals surface area contributed by atoms with Crippen LogP contribution in [0.2, 0.25) is 0 Å². The molecule has 0 aliphatic carbocycles. The van der Waals surface area contributed by atoms with Crippen molar-refractivity contribution >= 4 is 33.8 Å². The third-order valence-corrected chi connectivity index (χ3v) is 6.27. The number of alkyl halides is 3. The fourth-order valence-corrected chi connectivity index (χ4v) is 4.20. The first kappa shape index (κ1) is 25.1. The second kappa shape index (κ2) is 11.1. The van der Waals surface area contributed by atoms with Gasteiger partial charge in [0.1, 0.15) is 11.5 Å². The molecule has 0 saturated heterocycles. The molecule has 0 spiro atoms. The Labute approximate surface area is 202 Å². The highest BCUT2D eigenvalue weighted by molar-refractivity contribution is 9.10. The molecule has 0 amide bonds. The Morgan fingerprint density at radius 3 is 2.45 bits per heavy atom. The van der Waals surface area contributed by atoms with Crippen LogP contribution in [0.4, 0.5) is 13.2 Å². The molecular weight excluding hydrogens is 519 g/mol. The van der Waals surface area contributed by atoms with Gasteiger partial charge in [-0.25, -0.2) is 4.31 Å². The second-order valence-corrected chi connectivity index (χ2v) is 9.23. The van der Waals surface area contributed by atoms with E-state index in [1.54, 1.807) is 24.3 Å². The summed E-state index contributed by atoms with van der Waals surface area (Å²) in [5.74, 6) is -0.338. The minimum Gasteiger partial charge on any atom is -0.481 e. The molecule has 0 radical (unpaired) electrons. The number of aliphatic carboxylic acids is 1. The van der Waals surface area contributed by atoms with E-state index in [-0.39, 0.29) is 18.7 Å². The van der Waals surface area contributed by atoms with Crippen LogP contribution in [0.5, 0.6) is 11.5 Å². The number of halogens is 4. The molecule has 0 saturated carbocycles. The number of carboxylic acid groups (broad SMARTS) is 1. The highest BCUT2D eigenvalue weighted by Gasteiger charge is 2.31. The molecule has 9 heteroatoms. The summed E-state index contributed by atoms with van der Waals surface area (Å²) in [5, 5.41) is 9.00.